The van der Waals surface area contributed by atoms with E-state index in [0.29, 0.717) is 10.7 Å². The lowest BCUT2D eigenvalue weighted by molar-refractivity contribution is -0.0707. The van der Waals surface area contributed by atoms with Crippen LogP contribution in [-0.4, -0.2) is 45.7 Å². The Kier molecular flexibility index (Phi) is 5.31. The highest BCUT2D eigenvalue weighted by Gasteiger charge is 2.22. The van der Waals surface area contributed by atoms with Gasteiger partial charge in [-0.3, -0.25) is 19.8 Å². The highest BCUT2D eigenvalue weighted by atomic mass is 32.1. The quantitative estimate of drug-likeness (QED) is 0.896. The first kappa shape index (κ1) is 17.8. The van der Waals surface area contributed by atoms with Gasteiger partial charge >= 0.3 is 0 Å². The Morgan fingerprint density at radius 1 is 1.40 bits per heavy atom. The van der Waals surface area contributed by atoms with E-state index in [4.69, 9.17) is 4.74 Å². The monoisotopic (exact) mass is 362 g/mol. The van der Waals surface area contributed by atoms with Gasteiger partial charge in [-0.05, 0) is 19.9 Å². The number of thiazole rings is 1. The minimum absolute atomic E-state index is 0.210. The number of pyridine rings is 1. The molecule has 1 fully saturated rings. The molecule has 0 spiro atoms. The summed E-state index contributed by atoms with van der Waals surface area (Å²) in [5, 5.41) is 5.24. The minimum atomic E-state index is -0.327. The Morgan fingerprint density at radius 2 is 2.12 bits per heavy atom. The summed E-state index contributed by atoms with van der Waals surface area (Å²) >= 11 is 1.39. The van der Waals surface area contributed by atoms with Crippen molar-refractivity contribution in [3.8, 4) is 0 Å². The largest absolute Gasteiger partial charge is 0.373 e. The summed E-state index contributed by atoms with van der Waals surface area (Å²) in [7, 11) is 1.64. The van der Waals surface area contributed by atoms with Crippen LogP contribution in [0.2, 0.25) is 0 Å². The summed E-state index contributed by atoms with van der Waals surface area (Å²) < 4.78 is 7.15. The number of rotatable bonds is 4. The van der Waals surface area contributed by atoms with Crippen LogP contribution in [0.4, 0.5) is 5.13 Å². The van der Waals surface area contributed by atoms with Crippen LogP contribution < -0.4 is 10.9 Å². The number of nitrogens with one attached hydrogen (secondary N) is 1. The van der Waals surface area contributed by atoms with Gasteiger partial charge in [-0.2, -0.15) is 0 Å². The highest BCUT2D eigenvalue weighted by Crippen LogP contribution is 2.19. The van der Waals surface area contributed by atoms with Crippen LogP contribution in [0.5, 0.6) is 0 Å². The average Bonchev–Trinajstić information content (AvgIpc) is 2.95. The number of morpholine rings is 1. The van der Waals surface area contributed by atoms with Gasteiger partial charge in [0.05, 0.1) is 17.9 Å². The summed E-state index contributed by atoms with van der Waals surface area (Å²) in [4.78, 5) is 30.7. The summed E-state index contributed by atoms with van der Waals surface area (Å²) in [6, 6.07) is 2.93. The van der Waals surface area contributed by atoms with E-state index in [1.54, 1.807) is 19.3 Å². The molecule has 1 aliphatic heterocycles. The van der Waals surface area contributed by atoms with Crippen LogP contribution in [0.15, 0.2) is 28.5 Å². The molecule has 0 radical (unpaired) electrons. The lowest BCUT2D eigenvalue weighted by Gasteiger charge is -2.34. The number of amides is 1. The second-order valence-electron chi connectivity index (χ2n) is 6.41. The first-order valence-corrected chi connectivity index (χ1v) is 9.09. The molecule has 0 aliphatic carbocycles. The maximum atomic E-state index is 12.2. The van der Waals surface area contributed by atoms with Crippen molar-refractivity contribution in [2.24, 2.45) is 7.05 Å². The highest BCUT2D eigenvalue weighted by molar-refractivity contribution is 7.13. The van der Waals surface area contributed by atoms with Gasteiger partial charge in [0, 0.05) is 49.9 Å². The number of aromatic nitrogens is 2. The zero-order chi connectivity index (χ0) is 18.0. The van der Waals surface area contributed by atoms with Crippen LogP contribution in [0.3, 0.4) is 0 Å². The lowest BCUT2D eigenvalue weighted by atomic mass is 10.2. The van der Waals surface area contributed by atoms with Crippen molar-refractivity contribution < 1.29 is 9.53 Å². The molecule has 8 heteroatoms. The Bertz CT molecular complexity index is 806. The molecule has 2 aromatic heterocycles. The Labute approximate surface area is 150 Å². The molecular weight excluding hydrogens is 340 g/mol. The van der Waals surface area contributed by atoms with Crippen LogP contribution >= 0.6 is 11.3 Å². The number of carbonyl (C=O) groups excluding carboxylic acids is 1. The van der Waals surface area contributed by atoms with Gasteiger partial charge < -0.3 is 9.30 Å². The minimum Gasteiger partial charge on any atom is -0.373 e. The molecule has 1 amide bonds. The predicted molar refractivity (Wildman–Crippen MR) is 97.0 cm³/mol. The van der Waals surface area contributed by atoms with Gasteiger partial charge in [-0.1, -0.05) is 0 Å². The fourth-order valence-corrected chi connectivity index (χ4v) is 3.64. The summed E-state index contributed by atoms with van der Waals surface area (Å²) in [6.07, 6.45) is 2.00. The van der Waals surface area contributed by atoms with E-state index in [0.717, 1.165) is 25.3 Å². The molecule has 134 valence electrons. The van der Waals surface area contributed by atoms with Crippen LogP contribution in [-0.2, 0) is 18.3 Å². The van der Waals surface area contributed by atoms with Gasteiger partial charge in [0.1, 0.15) is 0 Å². The van der Waals surface area contributed by atoms with Crippen LogP contribution in [0.1, 0.15) is 29.9 Å². The second kappa shape index (κ2) is 7.47. The summed E-state index contributed by atoms with van der Waals surface area (Å²) in [6.45, 7) is 6.61. The number of anilines is 1. The number of nitrogens with zero attached hydrogens (tertiary/aromatic N) is 3. The lowest BCUT2D eigenvalue weighted by Crippen LogP contribution is -2.44. The van der Waals surface area contributed by atoms with Crippen LogP contribution in [0.25, 0.3) is 0 Å². The SMILES string of the molecule is CC1CN(Cc2csc(NC(=O)c3ccn(C)c(=O)c3)n2)CC(C)O1. The fourth-order valence-electron chi connectivity index (χ4n) is 2.94. The molecule has 1 aliphatic rings. The first-order valence-electron chi connectivity index (χ1n) is 8.21. The third kappa shape index (κ3) is 4.53. The number of hydrogen-bond donors (Lipinski definition) is 1. The molecule has 0 bridgehead atoms. The zero-order valence-electron chi connectivity index (χ0n) is 14.6. The predicted octanol–water partition coefficient (Wildman–Crippen LogP) is 1.70. The van der Waals surface area contributed by atoms with Gasteiger partial charge in [-0.15, -0.1) is 11.3 Å². The van der Waals surface area contributed by atoms with E-state index < -0.39 is 0 Å². The maximum absolute atomic E-state index is 12.2. The molecular formula is C17H22N4O3S. The van der Waals surface area contributed by atoms with Crippen LogP contribution in [0, 0.1) is 0 Å². The van der Waals surface area contributed by atoms with Gasteiger partial charge in [0.25, 0.3) is 11.5 Å². The van der Waals surface area contributed by atoms with Crippen molar-refractivity contribution in [3.05, 3.63) is 45.3 Å². The van der Waals surface area contributed by atoms with Gasteiger partial charge in [-0.25, -0.2) is 4.98 Å². The molecule has 3 rings (SSSR count). The normalized spacial score (nSPS) is 21.2. The Morgan fingerprint density at radius 3 is 2.80 bits per heavy atom. The van der Waals surface area contributed by atoms with Crippen molar-refractivity contribution in [1.82, 2.24) is 14.5 Å². The molecule has 0 saturated carbocycles. The van der Waals surface area contributed by atoms with Crippen molar-refractivity contribution >= 4 is 22.4 Å². The summed E-state index contributed by atoms with van der Waals surface area (Å²) in [5.74, 6) is -0.327. The number of ether oxygens (including phenoxy) is 1. The molecule has 2 atom stereocenters. The van der Waals surface area contributed by atoms with E-state index >= 15 is 0 Å². The second-order valence-corrected chi connectivity index (χ2v) is 7.27. The maximum Gasteiger partial charge on any atom is 0.257 e. The van der Waals surface area contributed by atoms with Crippen molar-refractivity contribution in [3.63, 3.8) is 0 Å². The van der Waals surface area contributed by atoms with E-state index in [1.165, 1.54) is 22.0 Å². The molecule has 2 aromatic rings. The fraction of sp³-hybridized carbons (Fsp3) is 0.471. The topological polar surface area (TPSA) is 76.5 Å². The van der Waals surface area contributed by atoms with Gasteiger partial charge in [0.2, 0.25) is 0 Å². The standard InChI is InChI=1S/C17H22N4O3S/c1-11-7-21(8-12(2)24-11)9-14-10-25-17(18-14)19-16(23)13-4-5-20(3)15(22)6-13/h4-6,10-12H,7-9H2,1-3H3,(H,18,19,23). The molecule has 1 saturated heterocycles. The molecule has 0 aromatic carbocycles. The number of aryl methyl sites for hydroxylation is 1. The van der Waals surface area contributed by atoms with Crippen molar-refractivity contribution in [2.75, 3.05) is 18.4 Å². The zero-order valence-corrected chi connectivity index (χ0v) is 15.4. The Balaban J connectivity index is 1.62. The van der Waals surface area contributed by atoms with E-state index in [9.17, 15) is 9.59 Å². The van der Waals surface area contributed by atoms with E-state index in [-0.39, 0.29) is 23.7 Å². The Hall–Kier alpha value is -2.03. The van der Waals surface area contributed by atoms with Gasteiger partial charge in [0.15, 0.2) is 5.13 Å². The molecule has 2 unspecified atom stereocenters. The number of hydrogen-bond acceptors (Lipinski definition) is 6. The molecule has 1 N–H and O–H groups in total. The smallest absolute Gasteiger partial charge is 0.257 e. The third-order valence-corrected chi connectivity index (χ3v) is 4.83. The van der Waals surface area contributed by atoms with E-state index in [2.05, 4.69) is 29.0 Å². The molecule has 7 nitrogen and oxygen atoms in total. The van der Waals surface area contributed by atoms with Crippen molar-refractivity contribution in [2.45, 2.75) is 32.6 Å². The molecule has 25 heavy (non-hydrogen) atoms. The van der Waals surface area contributed by atoms with Crippen molar-refractivity contribution in [1.29, 1.82) is 0 Å². The molecule has 3 heterocycles. The first-order chi connectivity index (χ1) is 11.9. The summed E-state index contributed by atoms with van der Waals surface area (Å²) in [5.41, 5.74) is 1.03. The van der Waals surface area contributed by atoms with E-state index in [1.807, 2.05) is 5.38 Å². The third-order valence-electron chi connectivity index (χ3n) is 4.02. The number of carbonyl (C=O) groups is 1. The average molecular weight is 362 g/mol.